The van der Waals surface area contributed by atoms with Crippen LogP contribution in [0.15, 0.2) is 53.4 Å². The fourth-order valence-electron chi connectivity index (χ4n) is 7.33. The molecule has 1 aliphatic carbocycles. The number of rotatable bonds is 3. The minimum absolute atomic E-state index is 0.0234. The molecule has 1 N–H and O–H groups in total. The van der Waals surface area contributed by atoms with Crippen LogP contribution in [0.25, 0.3) is 0 Å². The van der Waals surface area contributed by atoms with Crippen LogP contribution in [0.3, 0.4) is 0 Å². The van der Waals surface area contributed by atoms with Gasteiger partial charge in [0.25, 0.3) is 15.9 Å². The van der Waals surface area contributed by atoms with E-state index in [9.17, 15) is 18.0 Å². The van der Waals surface area contributed by atoms with Crippen molar-refractivity contribution in [1.29, 1.82) is 0 Å². The molecule has 0 spiro atoms. The number of anilines is 1. The summed E-state index contributed by atoms with van der Waals surface area (Å²) in [5.41, 5.74) is 1.32. The third kappa shape index (κ3) is 8.25. The van der Waals surface area contributed by atoms with Crippen LogP contribution in [0.4, 0.5) is 10.5 Å². The summed E-state index contributed by atoms with van der Waals surface area (Å²) in [6.07, 6.45) is 8.88. The summed E-state index contributed by atoms with van der Waals surface area (Å²) >= 11 is 6.35. The van der Waals surface area contributed by atoms with Crippen molar-refractivity contribution in [2.45, 2.75) is 88.0 Å². The van der Waals surface area contributed by atoms with Gasteiger partial charge in [0, 0.05) is 37.7 Å². The number of fused-ring (bicyclic) bond motifs is 3. The number of hydrogen-bond donors (Lipinski definition) is 1. The molecule has 3 heterocycles. The van der Waals surface area contributed by atoms with Gasteiger partial charge >= 0.3 is 6.09 Å². The van der Waals surface area contributed by atoms with E-state index in [-0.39, 0.29) is 42.1 Å². The van der Waals surface area contributed by atoms with E-state index in [1.807, 2.05) is 24.3 Å². The molecule has 4 atom stereocenters. The number of carbonyl (C=O) groups excluding carboxylic acids is 2. The second-order valence-corrected chi connectivity index (χ2v) is 16.3. The highest BCUT2D eigenvalue weighted by Gasteiger charge is 2.41. The van der Waals surface area contributed by atoms with E-state index in [1.165, 1.54) is 19.9 Å². The number of nitrogens with one attached hydrogen (secondary N) is 1. The Morgan fingerprint density at radius 3 is 2.68 bits per heavy atom. The average Bonchev–Trinajstić information content (AvgIpc) is 3.52. The SMILES string of the molecule is COC[C@H]1CCCN1C(=O)O[C@H]1/C=C/COC(C)(C)C(=O)NS(=O)(=O)c2ccc3c(c2)N(CCCCc2cc(Cl)ccc2CO3)C[C@@H]2CC[C@H]21. The van der Waals surface area contributed by atoms with Crippen molar-refractivity contribution < 1.29 is 37.0 Å². The minimum atomic E-state index is -4.24. The molecule has 272 valence electrons. The second-order valence-electron chi connectivity index (χ2n) is 14.2. The minimum Gasteiger partial charge on any atom is -0.487 e. The zero-order chi connectivity index (χ0) is 35.5. The molecule has 11 nitrogen and oxygen atoms in total. The lowest BCUT2D eigenvalue weighted by molar-refractivity contribution is -0.139. The first-order valence-electron chi connectivity index (χ1n) is 17.6. The van der Waals surface area contributed by atoms with E-state index in [2.05, 4.69) is 9.62 Å². The van der Waals surface area contributed by atoms with Crippen LogP contribution >= 0.6 is 11.6 Å². The predicted molar refractivity (Wildman–Crippen MR) is 190 cm³/mol. The topological polar surface area (TPSA) is 124 Å². The molecule has 3 aliphatic heterocycles. The van der Waals surface area contributed by atoms with Gasteiger partial charge in [0.15, 0.2) is 0 Å². The third-order valence-corrected chi connectivity index (χ3v) is 12.0. The number of likely N-dealkylation sites (tertiary alicyclic amines) is 1. The van der Waals surface area contributed by atoms with Gasteiger partial charge < -0.3 is 28.7 Å². The molecule has 6 rings (SSSR count). The Hall–Kier alpha value is -3.32. The van der Waals surface area contributed by atoms with Gasteiger partial charge in [-0.25, -0.2) is 17.9 Å². The second kappa shape index (κ2) is 15.5. The van der Waals surface area contributed by atoms with Crippen molar-refractivity contribution in [1.82, 2.24) is 9.62 Å². The fourth-order valence-corrected chi connectivity index (χ4v) is 8.65. The van der Waals surface area contributed by atoms with Gasteiger partial charge in [-0.2, -0.15) is 0 Å². The van der Waals surface area contributed by atoms with E-state index in [0.29, 0.717) is 42.7 Å². The molecule has 13 heteroatoms. The van der Waals surface area contributed by atoms with Gasteiger partial charge in [0.2, 0.25) is 0 Å². The summed E-state index contributed by atoms with van der Waals surface area (Å²) in [7, 11) is -2.61. The molecule has 2 bridgehead atoms. The summed E-state index contributed by atoms with van der Waals surface area (Å²) in [4.78, 5) is 30.8. The molecule has 2 amide bonds. The predicted octanol–water partition coefficient (Wildman–Crippen LogP) is 5.87. The standard InChI is InChI=1S/C37H48ClN3O8S/c1-37(2)35(42)39-50(44,45)30-14-16-34-32(21-30)40(17-5-4-8-25-20-28(38)13-11-27(25)23-47-34)22-26-12-15-31(26)33(10-7-19-48-37)49-36(43)41-18-6-9-29(41)24-46-3/h7,10-11,13-14,16,20-21,26,29,31,33H,4-6,8-9,12,15,17-19,22-24H2,1-3H3,(H,39,42)/b10-7+/t26-,29+,31+,33-/m0/s1. The number of amides is 2. The van der Waals surface area contributed by atoms with Crippen molar-refractivity contribution in [3.63, 3.8) is 0 Å². The van der Waals surface area contributed by atoms with Crippen molar-refractivity contribution in [3.8, 4) is 5.75 Å². The number of methoxy groups -OCH3 is 1. The summed E-state index contributed by atoms with van der Waals surface area (Å²) in [6.45, 7) is 5.70. The molecular formula is C37H48ClN3O8S. The highest BCUT2D eigenvalue weighted by molar-refractivity contribution is 7.90. The first kappa shape index (κ1) is 36.5. The van der Waals surface area contributed by atoms with E-state index in [1.54, 1.807) is 30.2 Å². The number of nitrogens with zero attached hydrogens (tertiary/aromatic N) is 2. The molecule has 0 radical (unpaired) electrons. The highest BCUT2D eigenvalue weighted by atomic mass is 35.5. The van der Waals surface area contributed by atoms with Crippen LogP contribution in [-0.2, 0) is 42.1 Å². The molecule has 2 aromatic carbocycles. The smallest absolute Gasteiger partial charge is 0.410 e. The Morgan fingerprint density at radius 2 is 1.90 bits per heavy atom. The van der Waals surface area contributed by atoms with E-state index in [4.69, 9.17) is 30.5 Å². The van der Waals surface area contributed by atoms with Crippen LogP contribution in [0, 0.1) is 11.8 Å². The number of carbonyl (C=O) groups is 2. The van der Waals surface area contributed by atoms with Gasteiger partial charge in [-0.3, -0.25) is 4.79 Å². The fraction of sp³-hybridized carbons (Fsp3) is 0.568. The lowest BCUT2D eigenvalue weighted by atomic mass is 9.70. The van der Waals surface area contributed by atoms with E-state index < -0.39 is 27.6 Å². The quantitative estimate of drug-likeness (QED) is 0.386. The van der Waals surface area contributed by atoms with Crippen molar-refractivity contribution in [2.75, 3.05) is 44.9 Å². The molecule has 2 aromatic rings. The third-order valence-electron chi connectivity index (χ3n) is 10.5. The number of benzene rings is 2. The Morgan fingerprint density at radius 1 is 1.06 bits per heavy atom. The first-order chi connectivity index (χ1) is 23.9. The van der Waals surface area contributed by atoms with Crippen molar-refractivity contribution in [3.05, 3.63) is 64.7 Å². The van der Waals surface area contributed by atoms with Crippen molar-refractivity contribution >= 4 is 39.3 Å². The van der Waals surface area contributed by atoms with Gasteiger partial charge in [-0.1, -0.05) is 23.7 Å². The maximum atomic E-state index is 13.6. The van der Waals surface area contributed by atoms with Gasteiger partial charge in [0.1, 0.15) is 24.1 Å². The first-order valence-corrected chi connectivity index (χ1v) is 19.4. The molecule has 50 heavy (non-hydrogen) atoms. The number of aryl methyl sites for hydroxylation is 1. The van der Waals surface area contributed by atoms with Gasteiger partial charge in [0.05, 0.1) is 29.8 Å². The Labute approximate surface area is 300 Å². The monoisotopic (exact) mass is 729 g/mol. The zero-order valence-corrected chi connectivity index (χ0v) is 30.6. The number of sulfonamides is 1. The Balaban J connectivity index is 1.35. The average molecular weight is 730 g/mol. The highest BCUT2D eigenvalue weighted by Crippen LogP contribution is 2.42. The van der Waals surface area contributed by atoms with Crippen LogP contribution < -0.4 is 14.4 Å². The number of halogens is 1. The van der Waals surface area contributed by atoms with Crippen molar-refractivity contribution in [2.24, 2.45) is 11.8 Å². The molecule has 1 saturated heterocycles. The lowest BCUT2D eigenvalue weighted by Crippen LogP contribution is -2.47. The summed E-state index contributed by atoms with van der Waals surface area (Å²) < 4.78 is 53.4. The van der Waals surface area contributed by atoms with Crippen LogP contribution in [0.1, 0.15) is 63.5 Å². The zero-order valence-electron chi connectivity index (χ0n) is 29.1. The number of ether oxygens (including phenoxy) is 4. The molecule has 4 aliphatic rings. The summed E-state index contributed by atoms with van der Waals surface area (Å²) in [6, 6.07) is 10.5. The molecular weight excluding hydrogens is 682 g/mol. The lowest BCUT2D eigenvalue weighted by Gasteiger charge is -2.44. The van der Waals surface area contributed by atoms with Crippen LogP contribution in [0.2, 0.25) is 5.02 Å². The molecule has 2 fully saturated rings. The van der Waals surface area contributed by atoms with Crippen LogP contribution in [0.5, 0.6) is 5.75 Å². The normalized spacial score (nSPS) is 27.3. The number of hydrogen-bond acceptors (Lipinski definition) is 9. The van der Waals surface area contributed by atoms with E-state index >= 15 is 0 Å². The summed E-state index contributed by atoms with van der Waals surface area (Å²) in [5.74, 6) is -0.0632. The Bertz CT molecular complexity index is 1700. The maximum absolute atomic E-state index is 13.6. The maximum Gasteiger partial charge on any atom is 0.410 e. The molecule has 0 unspecified atom stereocenters. The van der Waals surface area contributed by atoms with E-state index in [0.717, 1.165) is 56.1 Å². The largest absolute Gasteiger partial charge is 0.487 e. The van der Waals surface area contributed by atoms with Crippen LogP contribution in [-0.4, -0.2) is 83.0 Å². The van der Waals surface area contributed by atoms with Gasteiger partial charge in [-0.15, -0.1) is 0 Å². The van der Waals surface area contributed by atoms with Gasteiger partial charge in [-0.05, 0) is 112 Å². The molecule has 0 aromatic heterocycles. The molecule has 1 saturated carbocycles. The summed E-state index contributed by atoms with van der Waals surface area (Å²) in [5, 5.41) is 0.675. The Kier molecular flexibility index (Phi) is 11.3.